The Hall–Kier alpha value is -3.03. The fraction of sp³-hybridized carbons (Fsp3) is 0. The summed E-state index contributed by atoms with van der Waals surface area (Å²) in [6.45, 7) is 0. The summed E-state index contributed by atoms with van der Waals surface area (Å²) in [6.07, 6.45) is 0. The van der Waals surface area contributed by atoms with Crippen LogP contribution in [0.5, 0.6) is 0 Å². The van der Waals surface area contributed by atoms with Crippen LogP contribution in [-0.4, -0.2) is 4.57 Å². The Balaban J connectivity index is 1.90. The molecule has 0 spiro atoms. The molecule has 124 valence electrons. The molecule has 0 aliphatic carbocycles. The van der Waals surface area contributed by atoms with Crippen LogP contribution in [0.1, 0.15) is 0 Å². The van der Waals surface area contributed by atoms with E-state index in [1.807, 2.05) is 24.3 Å². The topological polar surface area (TPSA) is 4.93 Å². The highest BCUT2D eigenvalue weighted by Crippen LogP contribution is 2.38. The summed E-state index contributed by atoms with van der Waals surface area (Å²) in [7, 11) is 0. The lowest BCUT2D eigenvalue weighted by Crippen LogP contribution is -1.93. The van der Waals surface area contributed by atoms with Crippen molar-refractivity contribution in [1.29, 1.82) is 0 Å². The fourth-order valence-electron chi connectivity index (χ4n) is 3.68. The molecule has 0 aliphatic heterocycles. The van der Waals surface area contributed by atoms with Crippen molar-refractivity contribution in [1.82, 2.24) is 4.57 Å². The van der Waals surface area contributed by atoms with Gasteiger partial charge in [-0.3, -0.25) is 0 Å². The van der Waals surface area contributed by atoms with E-state index in [9.17, 15) is 0 Å². The van der Waals surface area contributed by atoms with Crippen LogP contribution in [0, 0.1) is 0 Å². The third kappa shape index (κ3) is 2.33. The number of para-hydroxylation sites is 2. The Morgan fingerprint density at radius 3 is 2.00 bits per heavy atom. The van der Waals surface area contributed by atoms with Gasteiger partial charge in [-0.25, -0.2) is 0 Å². The van der Waals surface area contributed by atoms with Crippen LogP contribution < -0.4 is 0 Å². The van der Waals surface area contributed by atoms with Crippen LogP contribution in [0.3, 0.4) is 0 Å². The number of aromatic nitrogens is 1. The van der Waals surface area contributed by atoms with E-state index in [4.69, 9.17) is 11.6 Å². The van der Waals surface area contributed by atoms with Crippen molar-refractivity contribution in [2.75, 3.05) is 0 Å². The van der Waals surface area contributed by atoms with Gasteiger partial charge in [0.15, 0.2) is 0 Å². The Bertz CT molecular complexity index is 1220. The van der Waals surface area contributed by atoms with E-state index >= 15 is 0 Å². The largest absolute Gasteiger partial charge is 0.309 e. The summed E-state index contributed by atoms with van der Waals surface area (Å²) in [5.41, 5.74) is 5.66. The first-order valence-corrected chi connectivity index (χ1v) is 9.04. The second-order valence-corrected chi connectivity index (χ2v) is 6.81. The number of rotatable bonds is 2. The second kappa shape index (κ2) is 6.05. The molecule has 0 N–H and O–H groups in total. The summed E-state index contributed by atoms with van der Waals surface area (Å²) in [4.78, 5) is 0. The Morgan fingerprint density at radius 1 is 0.577 bits per heavy atom. The van der Waals surface area contributed by atoms with Crippen molar-refractivity contribution in [3.05, 3.63) is 102 Å². The fourth-order valence-corrected chi connectivity index (χ4v) is 3.95. The highest BCUT2D eigenvalue weighted by atomic mass is 35.5. The van der Waals surface area contributed by atoms with Gasteiger partial charge in [0.1, 0.15) is 0 Å². The molecule has 5 rings (SSSR count). The van der Waals surface area contributed by atoms with Crippen molar-refractivity contribution < 1.29 is 0 Å². The van der Waals surface area contributed by atoms with E-state index < -0.39 is 0 Å². The van der Waals surface area contributed by atoms with Crippen molar-refractivity contribution >= 4 is 33.4 Å². The van der Waals surface area contributed by atoms with Gasteiger partial charge in [-0.05, 0) is 35.9 Å². The van der Waals surface area contributed by atoms with E-state index in [1.54, 1.807) is 0 Å². The van der Waals surface area contributed by atoms with E-state index in [0.717, 1.165) is 27.4 Å². The molecule has 0 aliphatic rings. The molecule has 5 aromatic rings. The Kier molecular flexibility index (Phi) is 3.55. The van der Waals surface area contributed by atoms with E-state index in [1.165, 1.54) is 16.3 Å². The number of halogens is 1. The Morgan fingerprint density at radius 2 is 1.23 bits per heavy atom. The predicted octanol–water partition coefficient (Wildman–Crippen LogP) is 7.10. The maximum atomic E-state index is 6.71. The summed E-state index contributed by atoms with van der Waals surface area (Å²) in [5.74, 6) is 0. The van der Waals surface area contributed by atoms with Gasteiger partial charge >= 0.3 is 0 Å². The normalized spacial score (nSPS) is 11.3. The highest BCUT2D eigenvalue weighted by Gasteiger charge is 2.15. The van der Waals surface area contributed by atoms with Gasteiger partial charge in [0.05, 0.1) is 16.1 Å². The summed E-state index contributed by atoms with van der Waals surface area (Å²) < 4.78 is 2.28. The van der Waals surface area contributed by atoms with Crippen molar-refractivity contribution in [2.45, 2.75) is 0 Å². The van der Waals surface area contributed by atoms with Gasteiger partial charge in [-0.15, -0.1) is 0 Å². The first-order valence-electron chi connectivity index (χ1n) is 8.66. The lowest BCUT2D eigenvalue weighted by Gasteiger charge is -2.09. The zero-order chi connectivity index (χ0) is 17.5. The van der Waals surface area contributed by atoms with Crippen LogP contribution in [0.2, 0.25) is 5.02 Å². The first kappa shape index (κ1) is 15.2. The van der Waals surface area contributed by atoms with Crippen molar-refractivity contribution in [3.63, 3.8) is 0 Å². The third-order valence-corrected chi connectivity index (χ3v) is 5.17. The molecule has 1 nitrogen and oxygen atoms in total. The van der Waals surface area contributed by atoms with Crippen molar-refractivity contribution in [3.8, 4) is 16.8 Å². The minimum Gasteiger partial charge on any atom is -0.309 e. The molecule has 0 unspecified atom stereocenters. The number of hydrogen-bond acceptors (Lipinski definition) is 0. The molecule has 0 atom stereocenters. The van der Waals surface area contributed by atoms with E-state index in [-0.39, 0.29) is 0 Å². The van der Waals surface area contributed by atoms with Crippen molar-refractivity contribution in [2.24, 2.45) is 0 Å². The van der Waals surface area contributed by atoms with E-state index in [2.05, 4.69) is 77.4 Å². The number of hydrogen-bond donors (Lipinski definition) is 0. The minimum absolute atomic E-state index is 0.767. The maximum absolute atomic E-state index is 6.71. The highest BCUT2D eigenvalue weighted by molar-refractivity contribution is 6.34. The van der Waals surface area contributed by atoms with Crippen LogP contribution in [0.25, 0.3) is 38.6 Å². The lowest BCUT2D eigenvalue weighted by atomic mass is 10.0. The van der Waals surface area contributed by atoms with Gasteiger partial charge < -0.3 is 4.57 Å². The zero-order valence-electron chi connectivity index (χ0n) is 14.1. The summed E-state index contributed by atoms with van der Waals surface area (Å²) >= 11 is 6.71. The average molecular weight is 354 g/mol. The maximum Gasteiger partial charge on any atom is 0.0556 e. The number of nitrogens with zero attached hydrogens (tertiary/aromatic N) is 1. The van der Waals surface area contributed by atoms with Crippen LogP contribution >= 0.6 is 11.6 Å². The molecule has 26 heavy (non-hydrogen) atoms. The van der Waals surface area contributed by atoms with Crippen LogP contribution in [0.15, 0.2) is 97.1 Å². The molecule has 0 amide bonds. The SMILES string of the molecule is Clc1cc2c(cc1-c1ccccc1)c1ccccc1n2-c1ccccc1. The molecule has 2 heteroatoms. The smallest absolute Gasteiger partial charge is 0.0556 e. The van der Waals surface area contributed by atoms with Gasteiger partial charge in [-0.2, -0.15) is 0 Å². The number of fused-ring (bicyclic) bond motifs is 3. The molecule has 0 bridgehead atoms. The molecule has 0 saturated carbocycles. The van der Waals surface area contributed by atoms with Crippen LogP contribution in [0.4, 0.5) is 0 Å². The first-order chi connectivity index (χ1) is 12.8. The van der Waals surface area contributed by atoms with E-state index in [0.29, 0.717) is 0 Å². The predicted molar refractivity (Wildman–Crippen MR) is 111 cm³/mol. The monoisotopic (exact) mass is 353 g/mol. The molecule has 0 radical (unpaired) electrons. The molecule has 1 heterocycles. The summed E-state index contributed by atoms with van der Waals surface area (Å²) in [5, 5.41) is 3.22. The van der Waals surface area contributed by atoms with Gasteiger partial charge in [0.25, 0.3) is 0 Å². The molecule has 4 aromatic carbocycles. The van der Waals surface area contributed by atoms with Gasteiger partial charge in [-0.1, -0.05) is 78.3 Å². The lowest BCUT2D eigenvalue weighted by molar-refractivity contribution is 1.18. The van der Waals surface area contributed by atoms with Gasteiger partial charge in [0.2, 0.25) is 0 Å². The van der Waals surface area contributed by atoms with Gasteiger partial charge in [0, 0.05) is 22.0 Å². The van der Waals surface area contributed by atoms with Crippen LogP contribution in [-0.2, 0) is 0 Å². The molecule has 0 saturated heterocycles. The zero-order valence-corrected chi connectivity index (χ0v) is 14.8. The summed E-state index contributed by atoms with van der Waals surface area (Å²) in [6, 6.07) is 33.6. The molecular formula is C24H16ClN. The Labute approximate surface area is 157 Å². The average Bonchev–Trinajstić information content (AvgIpc) is 3.02. The molecular weight excluding hydrogens is 338 g/mol. The number of benzene rings is 4. The minimum atomic E-state index is 0.767. The second-order valence-electron chi connectivity index (χ2n) is 6.40. The third-order valence-electron chi connectivity index (χ3n) is 4.86. The standard InChI is InChI=1S/C24H16ClN/c25-22-16-24-21(15-20(22)17-9-3-1-4-10-17)19-13-7-8-14-23(19)26(24)18-11-5-2-6-12-18/h1-16H. The quantitative estimate of drug-likeness (QED) is 0.319. The molecule has 0 fully saturated rings. The molecule has 1 aromatic heterocycles.